The van der Waals surface area contributed by atoms with Gasteiger partial charge in [0.2, 0.25) is 0 Å². The Morgan fingerprint density at radius 1 is 0.500 bits per heavy atom. The lowest BCUT2D eigenvalue weighted by Crippen LogP contribution is -1.95. The van der Waals surface area contributed by atoms with E-state index in [2.05, 4.69) is 25.3 Å². The minimum Gasteiger partial charge on any atom is -0.244 e. The number of thiol groups is 2. The number of aromatic nitrogens is 2. The van der Waals surface area contributed by atoms with E-state index in [1.165, 1.54) is 0 Å². The predicted octanol–water partition coefficient (Wildman–Crippen LogP) is 5.54. The van der Waals surface area contributed by atoms with Gasteiger partial charge in [-0.2, -0.15) is 0 Å². The molecule has 0 spiro atoms. The molecule has 0 atom stereocenters. The molecule has 2 nitrogen and oxygen atoms in total. The van der Waals surface area contributed by atoms with E-state index >= 15 is 0 Å². The van der Waals surface area contributed by atoms with Crippen LogP contribution in [0, 0.1) is 0 Å². The zero-order valence-corrected chi connectivity index (χ0v) is 14.5. The SMILES string of the molecule is Sc1ccc(-c2nc3ccccc3nc2-c2ccc(S)cc2)cc1. The van der Waals surface area contributed by atoms with E-state index in [-0.39, 0.29) is 0 Å². The Morgan fingerprint density at radius 3 is 1.25 bits per heavy atom. The number of fused-ring (bicyclic) bond motifs is 1. The molecule has 116 valence electrons. The smallest absolute Gasteiger partial charge is 0.0973 e. The third kappa shape index (κ3) is 2.90. The van der Waals surface area contributed by atoms with Crippen molar-refractivity contribution in [3.63, 3.8) is 0 Å². The number of rotatable bonds is 2. The molecule has 0 fully saturated rings. The first kappa shape index (κ1) is 15.2. The van der Waals surface area contributed by atoms with Gasteiger partial charge in [0.05, 0.1) is 22.4 Å². The van der Waals surface area contributed by atoms with Crippen LogP contribution in [0.3, 0.4) is 0 Å². The quantitative estimate of drug-likeness (QED) is 0.466. The molecule has 0 amide bonds. The predicted molar refractivity (Wildman–Crippen MR) is 105 cm³/mol. The first-order chi connectivity index (χ1) is 11.7. The maximum absolute atomic E-state index is 4.87. The molecule has 0 saturated carbocycles. The first-order valence-corrected chi connectivity index (χ1v) is 8.46. The highest BCUT2D eigenvalue weighted by Crippen LogP contribution is 2.31. The van der Waals surface area contributed by atoms with Gasteiger partial charge in [-0.3, -0.25) is 0 Å². The van der Waals surface area contributed by atoms with E-state index in [9.17, 15) is 0 Å². The van der Waals surface area contributed by atoms with Crippen LogP contribution in [0.25, 0.3) is 33.5 Å². The number of para-hydroxylation sites is 2. The lowest BCUT2D eigenvalue weighted by molar-refractivity contribution is 1.28. The van der Waals surface area contributed by atoms with Gasteiger partial charge in [-0.05, 0) is 36.4 Å². The molecule has 0 aliphatic carbocycles. The van der Waals surface area contributed by atoms with Gasteiger partial charge in [0.25, 0.3) is 0 Å². The second-order valence-electron chi connectivity index (χ2n) is 5.50. The molecular formula is C20H14N2S2. The molecule has 4 aromatic rings. The van der Waals surface area contributed by atoms with Gasteiger partial charge in [0.1, 0.15) is 0 Å². The normalized spacial score (nSPS) is 10.9. The minimum atomic E-state index is 0.869. The molecule has 0 saturated heterocycles. The van der Waals surface area contributed by atoms with Gasteiger partial charge < -0.3 is 0 Å². The van der Waals surface area contributed by atoms with Crippen LogP contribution in [-0.4, -0.2) is 9.97 Å². The molecule has 3 aromatic carbocycles. The highest BCUT2D eigenvalue weighted by atomic mass is 32.1. The van der Waals surface area contributed by atoms with Crippen molar-refractivity contribution >= 4 is 36.3 Å². The molecule has 24 heavy (non-hydrogen) atoms. The van der Waals surface area contributed by atoms with Gasteiger partial charge in [-0.1, -0.05) is 36.4 Å². The van der Waals surface area contributed by atoms with Crippen molar-refractivity contribution in [1.29, 1.82) is 0 Å². The standard InChI is InChI=1S/C20H14N2S2/c23-15-9-5-13(6-10-15)19-20(14-7-11-16(24)12-8-14)22-18-4-2-1-3-17(18)21-19/h1-12,23-24H. The fraction of sp³-hybridized carbons (Fsp3) is 0. The Kier molecular flexibility index (Phi) is 4.00. The summed E-state index contributed by atoms with van der Waals surface area (Å²) in [5.41, 5.74) is 5.56. The highest BCUT2D eigenvalue weighted by Gasteiger charge is 2.13. The fourth-order valence-electron chi connectivity index (χ4n) is 2.64. The maximum Gasteiger partial charge on any atom is 0.0973 e. The summed E-state index contributed by atoms with van der Waals surface area (Å²) in [4.78, 5) is 11.6. The zero-order chi connectivity index (χ0) is 16.5. The number of nitrogens with zero attached hydrogens (tertiary/aromatic N) is 2. The summed E-state index contributed by atoms with van der Waals surface area (Å²) in [5.74, 6) is 0. The Balaban J connectivity index is 2.00. The molecule has 0 bridgehead atoms. The molecule has 1 heterocycles. The van der Waals surface area contributed by atoms with Crippen LogP contribution in [0.1, 0.15) is 0 Å². The zero-order valence-electron chi connectivity index (χ0n) is 12.7. The molecule has 1 aromatic heterocycles. The highest BCUT2D eigenvalue weighted by molar-refractivity contribution is 7.80. The van der Waals surface area contributed by atoms with Crippen LogP contribution in [0.5, 0.6) is 0 Å². The third-order valence-electron chi connectivity index (χ3n) is 3.85. The molecule has 4 heteroatoms. The lowest BCUT2D eigenvalue weighted by atomic mass is 10.0. The first-order valence-electron chi connectivity index (χ1n) is 7.56. The Labute approximate surface area is 151 Å². The van der Waals surface area contributed by atoms with Crippen LogP contribution in [0.4, 0.5) is 0 Å². The van der Waals surface area contributed by atoms with Crippen LogP contribution < -0.4 is 0 Å². The molecule has 0 aliphatic heterocycles. The van der Waals surface area contributed by atoms with Crippen molar-refractivity contribution in [2.75, 3.05) is 0 Å². The van der Waals surface area contributed by atoms with Crippen molar-refractivity contribution in [2.45, 2.75) is 9.79 Å². The average Bonchev–Trinajstić information content (AvgIpc) is 2.62. The Morgan fingerprint density at radius 2 is 0.875 bits per heavy atom. The second kappa shape index (κ2) is 6.30. The topological polar surface area (TPSA) is 25.8 Å². The summed E-state index contributed by atoms with van der Waals surface area (Å²) in [6.45, 7) is 0. The molecular weight excluding hydrogens is 332 g/mol. The van der Waals surface area contributed by atoms with Gasteiger partial charge >= 0.3 is 0 Å². The monoisotopic (exact) mass is 346 g/mol. The molecule has 4 rings (SSSR count). The van der Waals surface area contributed by atoms with E-state index < -0.39 is 0 Å². The van der Waals surface area contributed by atoms with Gasteiger partial charge in [-0.25, -0.2) is 9.97 Å². The van der Waals surface area contributed by atoms with Crippen molar-refractivity contribution in [1.82, 2.24) is 9.97 Å². The van der Waals surface area contributed by atoms with Crippen LogP contribution in [0.2, 0.25) is 0 Å². The van der Waals surface area contributed by atoms with E-state index in [0.717, 1.165) is 43.3 Å². The van der Waals surface area contributed by atoms with E-state index in [4.69, 9.17) is 9.97 Å². The third-order valence-corrected chi connectivity index (χ3v) is 4.45. The molecule has 0 aliphatic rings. The average molecular weight is 346 g/mol. The van der Waals surface area contributed by atoms with Gasteiger partial charge in [0, 0.05) is 20.9 Å². The number of hydrogen-bond donors (Lipinski definition) is 2. The second-order valence-corrected chi connectivity index (χ2v) is 6.54. The van der Waals surface area contributed by atoms with Crippen molar-refractivity contribution in [3.8, 4) is 22.5 Å². The van der Waals surface area contributed by atoms with Gasteiger partial charge in [0.15, 0.2) is 0 Å². The van der Waals surface area contributed by atoms with E-state index in [1.807, 2.05) is 72.8 Å². The van der Waals surface area contributed by atoms with E-state index in [1.54, 1.807) is 0 Å². The lowest BCUT2D eigenvalue weighted by Gasteiger charge is -2.11. The number of benzene rings is 3. The summed E-state index contributed by atoms with van der Waals surface area (Å²) in [7, 11) is 0. The van der Waals surface area contributed by atoms with Crippen molar-refractivity contribution in [2.24, 2.45) is 0 Å². The Hall–Kier alpha value is -2.30. The molecule has 0 radical (unpaired) electrons. The maximum atomic E-state index is 4.87. The van der Waals surface area contributed by atoms with Crippen molar-refractivity contribution < 1.29 is 0 Å². The van der Waals surface area contributed by atoms with Crippen LogP contribution in [-0.2, 0) is 0 Å². The molecule has 0 N–H and O–H groups in total. The summed E-state index contributed by atoms with van der Waals surface area (Å²) in [6, 6.07) is 23.9. The van der Waals surface area contributed by atoms with Gasteiger partial charge in [-0.15, -0.1) is 25.3 Å². The fourth-order valence-corrected chi connectivity index (χ4v) is 2.94. The Bertz CT molecular complexity index is 926. The minimum absolute atomic E-state index is 0.869. The van der Waals surface area contributed by atoms with Crippen LogP contribution in [0.15, 0.2) is 82.6 Å². The van der Waals surface area contributed by atoms with E-state index in [0.29, 0.717) is 0 Å². The van der Waals surface area contributed by atoms with Crippen molar-refractivity contribution in [3.05, 3.63) is 72.8 Å². The summed E-state index contributed by atoms with van der Waals surface area (Å²) in [6.07, 6.45) is 0. The summed E-state index contributed by atoms with van der Waals surface area (Å²) < 4.78 is 0. The molecule has 0 unspecified atom stereocenters. The van der Waals surface area contributed by atoms with Crippen LogP contribution >= 0.6 is 25.3 Å². The summed E-state index contributed by atoms with van der Waals surface area (Å²) in [5, 5.41) is 0. The largest absolute Gasteiger partial charge is 0.244 e. The number of hydrogen-bond acceptors (Lipinski definition) is 4. The summed E-state index contributed by atoms with van der Waals surface area (Å²) >= 11 is 8.73.